The van der Waals surface area contributed by atoms with Gasteiger partial charge in [0.25, 0.3) is 0 Å². The van der Waals surface area contributed by atoms with E-state index in [1.807, 2.05) is 0 Å². The predicted molar refractivity (Wildman–Crippen MR) is 54.7 cm³/mol. The minimum atomic E-state index is 0.413. The van der Waals surface area contributed by atoms with Crippen molar-refractivity contribution in [3.8, 4) is 0 Å². The van der Waals surface area contributed by atoms with Gasteiger partial charge in [0.05, 0.1) is 6.54 Å². The lowest BCUT2D eigenvalue weighted by Gasteiger charge is -2.23. The first-order valence-corrected chi connectivity index (χ1v) is 5.38. The highest BCUT2D eigenvalue weighted by atomic mass is 16.1. The van der Waals surface area contributed by atoms with Gasteiger partial charge in [0.15, 0.2) is 0 Å². The molecule has 0 radical (unpaired) electrons. The molecule has 0 N–H and O–H groups in total. The Bertz CT molecular complexity index is 175. The number of Topliss-reactive ketones (excluding diaryl/α,β-unsaturated/α-hetero) is 1. The minimum Gasteiger partial charge on any atom is -0.298 e. The molecule has 2 nitrogen and oxygen atoms in total. The summed E-state index contributed by atoms with van der Waals surface area (Å²) in [7, 11) is 2.06. The molecule has 0 aromatic heterocycles. The zero-order valence-electron chi connectivity index (χ0n) is 9.05. The quantitative estimate of drug-likeness (QED) is 0.628. The lowest BCUT2D eigenvalue weighted by atomic mass is 10.1. The smallest absolute Gasteiger partial charge is 0.149 e. The third-order valence-corrected chi connectivity index (χ3v) is 2.90. The Morgan fingerprint density at radius 2 is 2.15 bits per heavy atom. The summed E-state index contributed by atoms with van der Waals surface area (Å²) in [5.74, 6) is 0.863. The normalized spacial score (nSPS) is 19.1. The molecule has 1 saturated carbocycles. The van der Waals surface area contributed by atoms with Crippen molar-refractivity contribution in [3.05, 3.63) is 0 Å². The molecule has 1 rings (SSSR count). The van der Waals surface area contributed by atoms with Crippen molar-refractivity contribution >= 4 is 5.78 Å². The predicted octanol–water partition coefficient (Wildman–Crippen LogP) is 2.09. The highest BCUT2D eigenvalue weighted by molar-refractivity contribution is 5.84. The second-order valence-electron chi connectivity index (χ2n) is 4.29. The number of carbonyl (C=O) groups excluding carboxylic acids is 1. The van der Waals surface area contributed by atoms with Crippen LogP contribution < -0.4 is 0 Å². The van der Waals surface area contributed by atoms with Crippen molar-refractivity contribution in [1.82, 2.24) is 4.90 Å². The van der Waals surface area contributed by atoms with Crippen LogP contribution in [-0.4, -0.2) is 30.3 Å². The average molecular weight is 183 g/mol. The van der Waals surface area contributed by atoms with Crippen molar-refractivity contribution in [2.75, 3.05) is 13.6 Å². The fourth-order valence-electron chi connectivity index (χ4n) is 1.57. The lowest BCUT2D eigenvalue weighted by molar-refractivity contribution is -0.121. The summed E-state index contributed by atoms with van der Waals surface area (Å²) in [5.41, 5.74) is 0. The van der Waals surface area contributed by atoms with Crippen molar-refractivity contribution < 1.29 is 4.79 Å². The van der Waals surface area contributed by atoms with Gasteiger partial charge in [-0.2, -0.15) is 0 Å². The number of carbonyl (C=O) groups is 1. The molecule has 0 heterocycles. The summed E-state index contributed by atoms with van der Waals surface area (Å²) in [4.78, 5) is 13.7. The van der Waals surface area contributed by atoms with Crippen LogP contribution in [0.4, 0.5) is 0 Å². The standard InChI is InChI=1S/C11H21NO/c1-4-5-9(2)12(3)8-11(13)10-6-7-10/h9-10H,4-8H2,1-3H3. The van der Waals surface area contributed by atoms with Gasteiger partial charge in [0.2, 0.25) is 0 Å². The molecule has 1 fully saturated rings. The second kappa shape index (κ2) is 4.75. The molecule has 0 aromatic carbocycles. The highest BCUT2D eigenvalue weighted by Gasteiger charge is 2.30. The molecule has 0 spiro atoms. The van der Waals surface area contributed by atoms with Crippen LogP contribution >= 0.6 is 0 Å². The number of likely N-dealkylation sites (N-methyl/N-ethyl adjacent to an activating group) is 1. The first-order chi connectivity index (χ1) is 6.15. The maximum absolute atomic E-state index is 11.5. The zero-order valence-corrected chi connectivity index (χ0v) is 9.05. The molecule has 0 aromatic rings. The number of rotatable bonds is 6. The summed E-state index contributed by atoms with van der Waals surface area (Å²) in [5, 5.41) is 0. The lowest BCUT2D eigenvalue weighted by Crippen LogP contribution is -2.34. The van der Waals surface area contributed by atoms with Gasteiger partial charge in [0.1, 0.15) is 5.78 Å². The maximum atomic E-state index is 11.5. The molecular weight excluding hydrogens is 162 g/mol. The van der Waals surface area contributed by atoms with Gasteiger partial charge in [-0.15, -0.1) is 0 Å². The summed E-state index contributed by atoms with van der Waals surface area (Å²) in [6.45, 7) is 5.04. The first-order valence-electron chi connectivity index (χ1n) is 5.38. The van der Waals surface area contributed by atoms with Crippen molar-refractivity contribution in [3.63, 3.8) is 0 Å². The monoisotopic (exact) mass is 183 g/mol. The van der Waals surface area contributed by atoms with Crippen LogP contribution in [0.1, 0.15) is 39.5 Å². The number of nitrogens with zero attached hydrogens (tertiary/aromatic N) is 1. The molecule has 0 saturated heterocycles. The summed E-state index contributed by atoms with van der Waals surface area (Å²) in [6.07, 6.45) is 4.65. The highest BCUT2D eigenvalue weighted by Crippen LogP contribution is 2.30. The van der Waals surface area contributed by atoms with E-state index in [1.165, 1.54) is 12.8 Å². The molecular formula is C11H21NO. The Labute approximate surface area is 81.3 Å². The van der Waals surface area contributed by atoms with Crippen molar-refractivity contribution in [2.45, 2.75) is 45.6 Å². The molecule has 1 aliphatic rings. The van der Waals surface area contributed by atoms with Crippen LogP contribution in [-0.2, 0) is 4.79 Å². The van der Waals surface area contributed by atoms with E-state index < -0.39 is 0 Å². The number of hydrogen-bond donors (Lipinski definition) is 0. The summed E-state index contributed by atoms with van der Waals surface area (Å²) >= 11 is 0. The van der Waals surface area contributed by atoms with Gasteiger partial charge in [-0.1, -0.05) is 13.3 Å². The van der Waals surface area contributed by atoms with Crippen molar-refractivity contribution in [1.29, 1.82) is 0 Å². The first kappa shape index (κ1) is 10.7. The largest absolute Gasteiger partial charge is 0.298 e. The molecule has 13 heavy (non-hydrogen) atoms. The zero-order chi connectivity index (χ0) is 9.84. The van der Waals surface area contributed by atoms with E-state index in [1.54, 1.807) is 0 Å². The topological polar surface area (TPSA) is 20.3 Å². The Kier molecular flexibility index (Phi) is 3.91. The molecule has 1 aliphatic carbocycles. The van der Waals surface area contributed by atoms with E-state index in [2.05, 4.69) is 25.8 Å². The molecule has 2 heteroatoms. The number of hydrogen-bond acceptors (Lipinski definition) is 2. The second-order valence-corrected chi connectivity index (χ2v) is 4.29. The van der Waals surface area contributed by atoms with E-state index in [9.17, 15) is 4.79 Å². The average Bonchev–Trinajstić information content (AvgIpc) is 2.86. The Morgan fingerprint density at radius 3 is 2.62 bits per heavy atom. The van der Waals surface area contributed by atoms with Gasteiger partial charge in [-0.25, -0.2) is 0 Å². The molecule has 0 amide bonds. The third-order valence-electron chi connectivity index (χ3n) is 2.90. The maximum Gasteiger partial charge on any atom is 0.149 e. The molecule has 1 unspecified atom stereocenters. The minimum absolute atomic E-state index is 0.413. The SMILES string of the molecule is CCCC(C)N(C)CC(=O)C1CC1. The Morgan fingerprint density at radius 1 is 1.54 bits per heavy atom. The third kappa shape index (κ3) is 3.47. The van der Waals surface area contributed by atoms with Crippen LogP contribution in [0, 0.1) is 5.92 Å². The molecule has 0 aliphatic heterocycles. The molecule has 76 valence electrons. The van der Waals surface area contributed by atoms with Crippen LogP contribution in [0.5, 0.6) is 0 Å². The Balaban J connectivity index is 2.21. The Hall–Kier alpha value is -0.370. The number of ketones is 1. The van der Waals surface area contributed by atoms with Crippen LogP contribution in [0.3, 0.4) is 0 Å². The van der Waals surface area contributed by atoms with Gasteiger partial charge in [0, 0.05) is 12.0 Å². The fourth-order valence-corrected chi connectivity index (χ4v) is 1.57. The van der Waals surface area contributed by atoms with Gasteiger partial charge in [-0.05, 0) is 33.2 Å². The van der Waals surface area contributed by atoms with E-state index >= 15 is 0 Å². The summed E-state index contributed by atoms with van der Waals surface area (Å²) in [6, 6.07) is 0.549. The molecule has 1 atom stereocenters. The molecule has 0 bridgehead atoms. The van der Waals surface area contributed by atoms with E-state index in [4.69, 9.17) is 0 Å². The van der Waals surface area contributed by atoms with E-state index in [0.29, 0.717) is 24.3 Å². The van der Waals surface area contributed by atoms with E-state index in [0.717, 1.165) is 12.8 Å². The van der Waals surface area contributed by atoms with E-state index in [-0.39, 0.29) is 0 Å². The van der Waals surface area contributed by atoms with Gasteiger partial charge >= 0.3 is 0 Å². The van der Waals surface area contributed by atoms with Crippen LogP contribution in [0.15, 0.2) is 0 Å². The summed E-state index contributed by atoms with van der Waals surface area (Å²) < 4.78 is 0. The van der Waals surface area contributed by atoms with Gasteiger partial charge in [-0.3, -0.25) is 9.69 Å². The fraction of sp³-hybridized carbons (Fsp3) is 0.909. The van der Waals surface area contributed by atoms with Crippen LogP contribution in [0.2, 0.25) is 0 Å². The van der Waals surface area contributed by atoms with Crippen molar-refractivity contribution in [2.24, 2.45) is 5.92 Å². The van der Waals surface area contributed by atoms with Crippen LogP contribution in [0.25, 0.3) is 0 Å². The van der Waals surface area contributed by atoms with Gasteiger partial charge < -0.3 is 0 Å².